The molecule has 12 rings (SSSR count). The molecule has 10 aromatic rings. The van der Waals surface area contributed by atoms with Crippen LogP contribution in [0.2, 0.25) is 0 Å². The smallest absolute Gasteiger partial charge is 0.0540 e. The van der Waals surface area contributed by atoms with Crippen LogP contribution in [0.3, 0.4) is 0 Å². The summed E-state index contributed by atoms with van der Waals surface area (Å²) in [6.45, 7) is 0. The highest BCUT2D eigenvalue weighted by molar-refractivity contribution is 8.00. The molecule has 0 saturated heterocycles. The first-order valence-electron chi connectivity index (χ1n) is 19.7. The third-order valence-electron chi connectivity index (χ3n) is 11.6. The highest BCUT2D eigenvalue weighted by Crippen LogP contribution is 2.57. The van der Waals surface area contributed by atoms with Gasteiger partial charge in [0.15, 0.2) is 0 Å². The van der Waals surface area contributed by atoms with Crippen molar-refractivity contribution in [1.82, 2.24) is 0 Å². The van der Waals surface area contributed by atoms with E-state index in [0.29, 0.717) is 0 Å². The van der Waals surface area contributed by atoms with Crippen LogP contribution >= 0.6 is 23.5 Å². The number of para-hydroxylation sites is 2. The predicted octanol–water partition coefficient (Wildman–Crippen LogP) is 16.3. The number of rotatable bonds is 6. The van der Waals surface area contributed by atoms with Gasteiger partial charge in [0.25, 0.3) is 0 Å². The minimum atomic E-state index is 1.14. The molecule has 272 valence electrons. The van der Waals surface area contributed by atoms with Gasteiger partial charge in [0.2, 0.25) is 0 Å². The van der Waals surface area contributed by atoms with Gasteiger partial charge in [0.05, 0.1) is 11.4 Å². The van der Waals surface area contributed by atoms with Crippen molar-refractivity contribution < 1.29 is 0 Å². The van der Waals surface area contributed by atoms with E-state index in [2.05, 4.69) is 216 Å². The van der Waals surface area contributed by atoms with Gasteiger partial charge in [0.1, 0.15) is 0 Å². The number of benzene rings is 10. The molecule has 0 atom stereocenters. The highest BCUT2D eigenvalue weighted by atomic mass is 32.2. The van der Waals surface area contributed by atoms with Gasteiger partial charge in [-0.1, -0.05) is 157 Å². The molecule has 0 unspecified atom stereocenters. The molecular formula is C54H34N2S2. The van der Waals surface area contributed by atoms with E-state index in [-0.39, 0.29) is 0 Å². The molecule has 58 heavy (non-hydrogen) atoms. The summed E-state index contributed by atoms with van der Waals surface area (Å²) in [6, 6.07) is 75.5. The van der Waals surface area contributed by atoms with Gasteiger partial charge in [0, 0.05) is 63.9 Å². The molecule has 0 spiro atoms. The first kappa shape index (κ1) is 33.4. The first-order chi connectivity index (χ1) is 28.8. The lowest BCUT2D eigenvalue weighted by Crippen LogP contribution is -2.11. The quantitative estimate of drug-likeness (QED) is 0.166. The van der Waals surface area contributed by atoms with Gasteiger partial charge in [-0.05, 0) is 106 Å². The van der Waals surface area contributed by atoms with E-state index < -0.39 is 0 Å². The minimum absolute atomic E-state index is 1.14. The fraction of sp³-hybridized carbons (Fsp3) is 0. The lowest BCUT2D eigenvalue weighted by atomic mass is 9.91. The molecular weight excluding hydrogens is 741 g/mol. The largest absolute Gasteiger partial charge is 0.310 e. The van der Waals surface area contributed by atoms with Crippen molar-refractivity contribution in [1.29, 1.82) is 0 Å². The molecule has 2 heterocycles. The fourth-order valence-electron chi connectivity index (χ4n) is 9.02. The molecule has 0 N–H and O–H groups in total. The Bertz CT molecular complexity index is 3020. The fourth-order valence-corrected chi connectivity index (χ4v) is 11.3. The normalized spacial score (nSPS) is 12.3. The average molecular weight is 775 g/mol. The Kier molecular flexibility index (Phi) is 7.75. The molecule has 0 fully saturated rings. The van der Waals surface area contributed by atoms with Crippen LogP contribution < -0.4 is 9.80 Å². The lowest BCUT2D eigenvalue weighted by Gasteiger charge is -2.30. The molecule has 2 aliphatic rings. The molecule has 0 saturated carbocycles. The molecule has 10 aromatic carbocycles. The standard InChI is InChI=1S/C54H34N2S2/c1-3-17-37(18-4-1)55(47-23-11-15-35-13-7-9-21-41(35)47)39-25-27-43-45-29-30-46-44-28-26-40(34-52(44)58-50-32-31-49(53(45)54(46)50)57-51(43)33-39)56(38-19-5-2-6-20-38)48-24-12-16-36-14-8-10-22-42(36)48/h1-34H. The van der Waals surface area contributed by atoms with Gasteiger partial charge >= 0.3 is 0 Å². The van der Waals surface area contributed by atoms with Gasteiger partial charge in [-0.2, -0.15) is 0 Å². The van der Waals surface area contributed by atoms with Crippen molar-refractivity contribution >= 4 is 90.0 Å². The zero-order chi connectivity index (χ0) is 38.2. The van der Waals surface area contributed by atoms with Gasteiger partial charge in [-0.15, -0.1) is 0 Å². The second kappa shape index (κ2) is 13.5. The van der Waals surface area contributed by atoms with E-state index in [1.54, 1.807) is 0 Å². The second-order valence-corrected chi connectivity index (χ2v) is 17.0. The van der Waals surface area contributed by atoms with Crippen LogP contribution in [0.1, 0.15) is 0 Å². The van der Waals surface area contributed by atoms with Crippen LogP contribution in [0.4, 0.5) is 34.1 Å². The number of nitrogens with zero attached hydrogens (tertiary/aromatic N) is 2. The summed E-state index contributed by atoms with van der Waals surface area (Å²) in [5.74, 6) is 0. The van der Waals surface area contributed by atoms with Crippen LogP contribution in [-0.2, 0) is 0 Å². The van der Waals surface area contributed by atoms with E-state index in [1.165, 1.54) is 85.5 Å². The topological polar surface area (TPSA) is 6.48 Å². The van der Waals surface area contributed by atoms with Gasteiger partial charge in [-0.25, -0.2) is 0 Å². The third kappa shape index (κ3) is 5.30. The highest BCUT2D eigenvalue weighted by Gasteiger charge is 2.28. The van der Waals surface area contributed by atoms with Crippen molar-refractivity contribution in [2.45, 2.75) is 19.6 Å². The number of hydrogen-bond donors (Lipinski definition) is 0. The Balaban J connectivity index is 0.968. The second-order valence-electron chi connectivity index (χ2n) is 14.9. The van der Waals surface area contributed by atoms with Crippen molar-refractivity contribution in [2.75, 3.05) is 9.80 Å². The molecule has 0 amide bonds. The average Bonchev–Trinajstić information content (AvgIpc) is 3.29. The van der Waals surface area contributed by atoms with E-state index in [9.17, 15) is 0 Å². The van der Waals surface area contributed by atoms with Crippen molar-refractivity contribution in [3.63, 3.8) is 0 Å². The Morgan fingerprint density at radius 3 is 1.14 bits per heavy atom. The zero-order valence-electron chi connectivity index (χ0n) is 31.3. The molecule has 0 aromatic heterocycles. The first-order valence-corrected chi connectivity index (χ1v) is 21.3. The SMILES string of the molecule is c1ccc(N(c2ccc3c(c2)Sc2ccc4c5c(ccc-3c25)-c2ccc(N(c3ccccc3)c3cccc5ccccc35)cc2S4)c2cccc3ccccc23)cc1. The minimum Gasteiger partial charge on any atom is -0.310 e. The summed E-state index contributed by atoms with van der Waals surface area (Å²) < 4.78 is 0. The van der Waals surface area contributed by atoms with Gasteiger partial charge < -0.3 is 9.80 Å². The molecule has 0 aliphatic carbocycles. The Labute approximate surface area is 346 Å². The van der Waals surface area contributed by atoms with Crippen LogP contribution in [0.15, 0.2) is 226 Å². The van der Waals surface area contributed by atoms with Crippen LogP contribution in [0.5, 0.6) is 0 Å². The summed E-state index contributed by atoms with van der Waals surface area (Å²) in [6.07, 6.45) is 0. The van der Waals surface area contributed by atoms with E-state index in [1.807, 2.05) is 23.5 Å². The van der Waals surface area contributed by atoms with E-state index in [0.717, 1.165) is 22.7 Å². The maximum atomic E-state index is 2.40. The molecule has 0 radical (unpaired) electrons. The summed E-state index contributed by atoms with van der Waals surface area (Å²) in [5, 5.41) is 7.65. The number of anilines is 6. The third-order valence-corrected chi connectivity index (χ3v) is 13.8. The van der Waals surface area contributed by atoms with E-state index >= 15 is 0 Å². The Morgan fingerprint density at radius 1 is 0.276 bits per heavy atom. The summed E-state index contributed by atoms with van der Waals surface area (Å²) in [5.41, 5.74) is 12.1. The van der Waals surface area contributed by atoms with Crippen molar-refractivity contribution in [3.8, 4) is 22.3 Å². The van der Waals surface area contributed by atoms with E-state index in [4.69, 9.17) is 0 Å². The summed E-state index contributed by atoms with van der Waals surface area (Å²) >= 11 is 3.79. The maximum absolute atomic E-state index is 2.40. The summed E-state index contributed by atoms with van der Waals surface area (Å²) in [4.78, 5) is 9.97. The monoisotopic (exact) mass is 774 g/mol. The predicted molar refractivity (Wildman–Crippen MR) is 247 cm³/mol. The Morgan fingerprint density at radius 2 is 0.672 bits per heavy atom. The van der Waals surface area contributed by atoms with Gasteiger partial charge in [-0.3, -0.25) is 0 Å². The molecule has 0 bridgehead atoms. The zero-order valence-corrected chi connectivity index (χ0v) is 33.0. The molecule has 2 nitrogen and oxygen atoms in total. The van der Waals surface area contributed by atoms with Crippen molar-refractivity contribution in [2.24, 2.45) is 0 Å². The van der Waals surface area contributed by atoms with Crippen LogP contribution in [0, 0.1) is 0 Å². The Hall–Kier alpha value is -6.72. The van der Waals surface area contributed by atoms with Crippen molar-refractivity contribution in [3.05, 3.63) is 206 Å². The number of fused-ring (bicyclic) bond motifs is 6. The van der Waals surface area contributed by atoms with Crippen LogP contribution in [-0.4, -0.2) is 0 Å². The lowest BCUT2D eigenvalue weighted by molar-refractivity contribution is 1.26. The maximum Gasteiger partial charge on any atom is 0.0540 e. The molecule has 4 heteroatoms. The molecule has 2 aliphatic heterocycles. The van der Waals surface area contributed by atoms with Crippen LogP contribution in [0.25, 0.3) is 54.6 Å². The summed E-state index contributed by atoms with van der Waals surface area (Å²) in [7, 11) is 0. The number of hydrogen-bond acceptors (Lipinski definition) is 4.